The highest BCUT2D eigenvalue weighted by Crippen LogP contribution is 2.38. The van der Waals surface area contributed by atoms with E-state index >= 15 is 0 Å². The molecule has 2 rings (SSSR count). The van der Waals surface area contributed by atoms with Gasteiger partial charge in [0.25, 0.3) is 5.78 Å². The Morgan fingerprint density at radius 2 is 1.96 bits per heavy atom. The highest BCUT2D eigenvalue weighted by Gasteiger charge is 2.43. The average Bonchev–Trinajstić information content (AvgIpc) is 2.52. The number of Topliss-reactive ketones (excluding diaryl/α,β-unsaturated/α-hetero) is 1. The first kappa shape index (κ1) is 17.1. The molecule has 0 spiro atoms. The van der Waals surface area contributed by atoms with Crippen LogP contribution < -0.4 is 9.47 Å². The van der Waals surface area contributed by atoms with Crippen LogP contribution in [0.3, 0.4) is 0 Å². The summed E-state index contributed by atoms with van der Waals surface area (Å²) in [5.74, 6) is -2.56. The number of fused-ring (bicyclic) bond motifs is 1. The summed E-state index contributed by atoms with van der Waals surface area (Å²) in [4.78, 5) is 15.8. The second-order valence-electron chi connectivity index (χ2n) is 4.87. The summed E-state index contributed by atoms with van der Waals surface area (Å²) in [7, 11) is 1.17. The molecular weight excluding hydrogens is 311 g/mol. The van der Waals surface area contributed by atoms with E-state index in [-0.39, 0.29) is 12.4 Å². The van der Waals surface area contributed by atoms with Crippen LogP contribution in [-0.2, 0) is 0 Å². The Bertz CT molecular complexity index is 714. The quantitative estimate of drug-likeness (QED) is 0.590. The maximum absolute atomic E-state index is 12.9. The second-order valence-corrected chi connectivity index (χ2v) is 4.87. The third-order valence-corrected chi connectivity index (χ3v) is 3.23. The van der Waals surface area contributed by atoms with Crippen molar-refractivity contribution in [2.24, 2.45) is 0 Å². The molecule has 0 atom stereocenters. The fourth-order valence-corrected chi connectivity index (χ4v) is 2.12. The van der Waals surface area contributed by atoms with Gasteiger partial charge in [0.1, 0.15) is 11.3 Å². The molecule has 0 saturated carbocycles. The molecule has 0 radical (unpaired) electrons. The van der Waals surface area contributed by atoms with Crippen LogP contribution in [0.4, 0.5) is 13.2 Å². The predicted molar refractivity (Wildman–Crippen MR) is 79.1 cm³/mol. The van der Waals surface area contributed by atoms with Crippen LogP contribution in [0.1, 0.15) is 30.1 Å². The number of nitrogens with zero attached hydrogens (tertiary/aromatic N) is 1. The summed E-state index contributed by atoms with van der Waals surface area (Å²) in [5.41, 5.74) is -0.288. The van der Waals surface area contributed by atoms with Crippen LogP contribution in [0.2, 0.25) is 0 Å². The third-order valence-electron chi connectivity index (χ3n) is 3.23. The predicted octanol–water partition coefficient (Wildman–Crippen LogP) is 4.17. The maximum atomic E-state index is 12.9. The molecule has 1 heterocycles. The molecule has 0 fully saturated rings. The van der Waals surface area contributed by atoms with E-state index in [0.717, 1.165) is 6.42 Å². The van der Waals surface area contributed by atoms with Gasteiger partial charge in [0.2, 0.25) is 5.88 Å². The normalized spacial score (nSPS) is 11.5. The van der Waals surface area contributed by atoms with E-state index in [1.807, 2.05) is 6.92 Å². The lowest BCUT2D eigenvalue weighted by Gasteiger charge is -2.17. The standard InChI is InChI=1S/C16H16F3NO3/c1-3-4-9-23-13-10-7-5-6-8-11(10)20-15(22-2)12(13)14(21)16(17,18)19/h5-8H,3-4,9H2,1-2H3. The van der Waals surface area contributed by atoms with Crippen molar-refractivity contribution in [2.75, 3.05) is 13.7 Å². The van der Waals surface area contributed by atoms with Crippen molar-refractivity contribution in [3.63, 3.8) is 0 Å². The molecule has 7 heteroatoms. The fraction of sp³-hybridized carbons (Fsp3) is 0.375. The molecule has 0 saturated heterocycles. The number of alkyl halides is 3. The minimum Gasteiger partial charge on any atom is -0.492 e. The minimum atomic E-state index is -5.04. The number of aromatic nitrogens is 1. The number of methoxy groups -OCH3 is 1. The molecule has 4 nitrogen and oxygen atoms in total. The molecule has 124 valence electrons. The topological polar surface area (TPSA) is 48.4 Å². The van der Waals surface area contributed by atoms with E-state index in [1.54, 1.807) is 24.3 Å². The molecule has 1 aromatic carbocycles. The molecule has 0 N–H and O–H groups in total. The van der Waals surface area contributed by atoms with Gasteiger partial charge in [0, 0.05) is 5.39 Å². The van der Waals surface area contributed by atoms with Gasteiger partial charge in [0.05, 0.1) is 19.2 Å². The van der Waals surface area contributed by atoms with Crippen molar-refractivity contribution in [1.82, 2.24) is 4.98 Å². The zero-order chi connectivity index (χ0) is 17.0. The molecule has 0 aliphatic heterocycles. The molecule has 0 unspecified atom stereocenters. The lowest BCUT2D eigenvalue weighted by molar-refractivity contribution is -0.0888. The summed E-state index contributed by atoms with van der Waals surface area (Å²) in [5, 5.41) is 0.344. The van der Waals surface area contributed by atoms with E-state index in [1.165, 1.54) is 7.11 Å². The summed E-state index contributed by atoms with van der Waals surface area (Å²) in [6.45, 7) is 2.13. The van der Waals surface area contributed by atoms with Gasteiger partial charge in [-0.25, -0.2) is 4.98 Å². The van der Waals surface area contributed by atoms with Crippen LogP contribution >= 0.6 is 0 Å². The Labute approximate surface area is 131 Å². The van der Waals surface area contributed by atoms with Crippen LogP contribution in [0.25, 0.3) is 10.9 Å². The molecule has 1 aromatic heterocycles. The zero-order valence-electron chi connectivity index (χ0n) is 12.7. The fourth-order valence-electron chi connectivity index (χ4n) is 2.12. The number of benzene rings is 1. The van der Waals surface area contributed by atoms with Gasteiger partial charge < -0.3 is 9.47 Å². The van der Waals surface area contributed by atoms with E-state index < -0.39 is 23.4 Å². The van der Waals surface area contributed by atoms with Crippen LogP contribution in [0.5, 0.6) is 11.6 Å². The number of ketones is 1. The van der Waals surface area contributed by atoms with Crippen molar-refractivity contribution in [1.29, 1.82) is 0 Å². The van der Waals surface area contributed by atoms with Gasteiger partial charge in [-0.05, 0) is 18.6 Å². The number of hydrogen-bond acceptors (Lipinski definition) is 4. The highest BCUT2D eigenvalue weighted by molar-refractivity contribution is 6.08. The van der Waals surface area contributed by atoms with Gasteiger partial charge in [-0.15, -0.1) is 0 Å². The van der Waals surface area contributed by atoms with Crippen molar-refractivity contribution in [2.45, 2.75) is 25.9 Å². The number of unbranched alkanes of at least 4 members (excludes halogenated alkanes) is 1. The first-order valence-corrected chi connectivity index (χ1v) is 7.11. The average molecular weight is 327 g/mol. The number of carbonyl (C=O) groups excluding carboxylic acids is 1. The number of pyridine rings is 1. The van der Waals surface area contributed by atoms with E-state index in [2.05, 4.69) is 4.98 Å². The Balaban J connectivity index is 2.69. The molecular formula is C16H16F3NO3. The highest BCUT2D eigenvalue weighted by atomic mass is 19.4. The van der Waals surface area contributed by atoms with Crippen molar-refractivity contribution < 1.29 is 27.4 Å². The SMILES string of the molecule is CCCCOc1c(C(=O)C(F)(F)F)c(OC)nc2ccccc12. The van der Waals surface area contributed by atoms with Gasteiger partial charge in [0.15, 0.2) is 0 Å². The Hall–Kier alpha value is -2.31. The van der Waals surface area contributed by atoms with Crippen molar-refractivity contribution in [3.05, 3.63) is 29.8 Å². The van der Waals surface area contributed by atoms with E-state index in [9.17, 15) is 18.0 Å². The minimum absolute atomic E-state index is 0.136. The summed E-state index contributed by atoms with van der Waals surface area (Å²) in [6, 6.07) is 6.52. The van der Waals surface area contributed by atoms with Crippen LogP contribution in [0.15, 0.2) is 24.3 Å². The van der Waals surface area contributed by atoms with Gasteiger partial charge >= 0.3 is 6.18 Å². The number of ether oxygens (including phenoxy) is 2. The molecule has 0 bridgehead atoms. The first-order valence-electron chi connectivity index (χ1n) is 7.11. The summed E-state index contributed by atoms with van der Waals surface area (Å²) >= 11 is 0. The lowest BCUT2D eigenvalue weighted by Crippen LogP contribution is -2.24. The molecule has 0 aliphatic carbocycles. The number of hydrogen-bond donors (Lipinski definition) is 0. The summed E-state index contributed by atoms with van der Waals surface area (Å²) in [6.07, 6.45) is -3.58. The van der Waals surface area contributed by atoms with Gasteiger partial charge in [-0.3, -0.25) is 4.79 Å². The van der Waals surface area contributed by atoms with Crippen LogP contribution in [0, 0.1) is 0 Å². The maximum Gasteiger partial charge on any atom is 0.455 e. The lowest BCUT2D eigenvalue weighted by atomic mass is 10.1. The first-order chi connectivity index (χ1) is 10.9. The molecule has 0 aliphatic rings. The number of carbonyl (C=O) groups is 1. The number of halogens is 3. The zero-order valence-corrected chi connectivity index (χ0v) is 12.7. The molecule has 23 heavy (non-hydrogen) atoms. The largest absolute Gasteiger partial charge is 0.492 e. The third kappa shape index (κ3) is 3.55. The van der Waals surface area contributed by atoms with Crippen LogP contribution in [-0.4, -0.2) is 30.7 Å². The Morgan fingerprint density at radius 3 is 2.57 bits per heavy atom. The smallest absolute Gasteiger partial charge is 0.455 e. The molecule has 2 aromatic rings. The molecule has 0 amide bonds. The van der Waals surface area contributed by atoms with E-state index in [4.69, 9.17) is 9.47 Å². The number of rotatable bonds is 6. The van der Waals surface area contributed by atoms with E-state index in [0.29, 0.717) is 17.3 Å². The van der Waals surface area contributed by atoms with Crippen molar-refractivity contribution in [3.8, 4) is 11.6 Å². The second kappa shape index (κ2) is 6.85. The van der Waals surface area contributed by atoms with Crippen molar-refractivity contribution >= 4 is 16.7 Å². The van der Waals surface area contributed by atoms with Gasteiger partial charge in [-0.2, -0.15) is 13.2 Å². The Morgan fingerprint density at radius 1 is 1.26 bits per heavy atom. The number of para-hydroxylation sites is 1. The van der Waals surface area contributed by atoms with Gasteiger partial charge in [-0.1, -0.05) is 25.5 Å². The monoisotopic (exact) mass is 327 g/mol. The Kier molecular flexibility index (Phi) is 5.08. The summed E-state index contributed by atoms with van der Waals surface area (Å²) < 4.78 is 49.2.